The predicted molar refractivity (Wildman–Crippen MR) is 110 cm³/mol. The average Bonchev–Trinajstić information content (AvgIpc) is 2.72. The summed E-state index contributed by atoms with van der Waals surface area (Å²) in [4.78, 5) is 33.3. The number of halogens is 1. The molecule has 0 aliphatic carbocycles. The Balaban J connectivity index is 0.000000469. The monoisotopic (exact) mass is 435 g/mol. The van der Waals surface area contributed by atoms with Crippen LogP contribution in [0.15, 0.2) is 48.5 Å². The van der Waals surface area contributed by atoms with Crippen molar-refractivity contribution in [2.75, 3.05) is 26.2 Å². The highest BCUT2D eigenvalue weighted by molar-refractivity contribution is 6.31. The topological polar surface area (TPSA) is 124 Å². The van der Waals surface area contributed by atoms with E-state index in [2.05, 4.69) is 15.9 Å². The van der Waals surface area contributed by atoms with E-state index in [1.165, 1.54) is 5.56 Å². The molecule has 0 spiro atoms. The first-order chi connectivity index (χ1) is 14.3. The molecule has 0 amide bonds. The van der Waals surface area contributed by atoms with Crippen molar-refractivity contribution in [2.45, 2.75) is 13.1 Å². The molecule has 0 aromatic heterocycles. The number of piperazine rings is 1. The summed E-state index contributed by atoms with van der Waals surface area (Å²) in [5.74, 6) is -3.65. The molecule has 2 aromatic rings. The van der Waals surface area contributed by atoms with Gasteiger partial charge in [0.15, 0.2) is 0 Å². The van der Waals surface area contributed by atoms with E-state index in [9.17, 15) is 10.1 Å². The van der Waals surface area contributed by atoms with Gasteiger partial charge in [0.25, 0.3) is 5.69 Å². The van der Waals surface area contributed by atoms with Crippen molar-refractivity contribution < 1.29 is 24.7 Å². The zero-order valence-electron chi connectivity index (χ0n) is 16.1. The van der Waals surface area contributed by atoms with E-state index in [1.807, 2.05) is 30.3 Å². The summed E-state index contributed by atoms with van der Waals surface area (Å²) in [5, 5.41) is 26.3. The second-order valence-corrected chi connectivity index (χ2v) is 7.08. The molecule has 0 radical (unpaired) electrons. The van der Waals surface area contributed by atoms with Gasteiger partial charge in [-0.1, -0.05) is 41.9 Å². The molecule has 0 saturated carbocycles. The van der Waals surface area contributed by atoms with Crippen LogP contribution < -0.4 is 0 Å². The molecule has 2 aromatic carbocycles. The van der Waals surface area contributed by atoms with Gasteiger partial charge in [-0.25, -0.2) is 9.59 Å². The first-order valence-corrected chi connectivity index (χ1v) is 9.51. The number of carboxylic acids is 2. The molecule has 1 fully saturated rings. The Labute approximate surface area is 178 Å². The lowest BCUT2D eigenvalue weighted by Gasteiger charge is -2.34. The summed E-state index contributed by atoms with van der Waals surface area (Å²) < 4.78 is 0. The van der Waals surface area contributed by atoms with Crippen LogP contribution in [0.25, 0.3) is 0 Å². The summed E-state index contributed by atoms with van der Waals surface area (Å²) in [5.41, 5.74) is 2.42. The van der Waals surface area contributed by atoms with Gasteiger partial charge >= 0.3 is 11.9 Å². The van der Waals surface area contributed by atoms with Gasteiger partial charge in [-0.05, 0) is 17.2 Å². The maximum Gasteiger partial charge on any atom is 0.414 e. The molecule has 1 aliphatic heterocycles. The number of hydrogen-bond acceptors (Lipinski definition) is 6. The predicted octanol–water partition coefficient (Wildman–Crippen LogP) is 2.72. The number of hydrogen-bond donors (Lipinski definition) is 2. The van der Waals surface area contributed by atoms with Crippen LogP contribution in [0.3, 0.4) is 0 Å². The van der Waals surface area contributed by atoms with E-state index in [1.54, 1.807) is 12.1 Å². The van der Waals surface area contributed by atoms with Gasteiger partial charge in [0, 0.05) is 56.4 Å². The van der Waals surface area contributed by atoms with Gasteiger partial charge in [0.05, 0.1) is 4.92 Å². The second kappa shape index (κ2) is 11.2. The number of carbonyl (C=O) groups is 2. The second-order valence-electron chi connectivity index (χ2n) is 6.68. The van der Waals surface area contributed by atoms with Crippen LogP contribution in [0.1, 0.15) is 11.1 Å². The third kappa shape index (κ3) is 7.43. The molecule has 160 valence electrons. The molecule has 9 nitrogen and oxygen atoms in total. The third-order valence-corrected chi connectivity index (χ3v) is 4.92. The maximum atomic E-state index is 10.7. The van der Waals surface area contributed by atoms with Crippen LogP contribution in [-0.2, 0) is 22.7 Å². The van der Waals surface area contributed by atoms with Gasteiger partial charge in [0.1, 0.15) is 0 Å². The largest absolute Gasteiger partial charge is 0.473 e. The van der Waals surface area contributed by atoms with Crippen LogP contribution in [-0.4, -0.2) is 63.1 Å². The summed E-state index contributed by atoms with van der Waals surface area (Å²) >= 11 is 6.23. The highest BCUT2D eigenvalue weighted by Gasteiger charge is 2.18. The van der Waals surface area contributed by atoms with E-state index in [0.29, 0.717) is 0 Å². The Hall–Kier alpha value is -3.01. The number of carboxylic acid groups (broad SMARTS) is 2. The Morgan fingerprint density at radius 1 is 0.900 bits per heavy atom. The van der Waals surface area contributed by atoms with E-state index >= 15 is 0 Å². The molecule has 0 bridgehead atoms. The third-order valence-electron chi connectivity index (χ3n) is 4.55. The summed E-state index contributed by atoms with van der Waals surface area (Å²) in [6.07, 6.45) is 0. The van der Waals surface area contributed by atoms with Gasteiger partial charge in [0.2, 0.25) is 0 Å². The number of nitro benzene ring substituents is 1. The Bertz CT molecular complexity index is 870. The highest BCUT2D eigenvalue weighted by atomic mass is 35.5. The quantitative estimate of drug-likeness (QED) is 0.417. The minimum atomic E-state index is -1.82. The van der Waals surface area contributed by atoms with E-state index in [0.717, 1.165) is 49.9 Å². The number of nitrogens with zero attached hydrogens (tertiary/aromatic N) is 3. The fourth-order valence-electron chi connectivity index (χ4n) is 2.95. The van der Waals surface area contributed by atoms with E-state index < -0.39 is 11.9 Å². The van der Waals surface area contributed by atoms with Crippen LogP contribution in [0.2, 0.25) is 5.02 Å². The lowest BCUT2D eigenvalue weighted by molar-refractivity contribution is -0.384. The van der Waals surface area contributed by atoms with Crippen molar-refractivity contribution in [3.63, 3.8) is 0 Å². The molecular weight excluding hydrogens is 414 g/mol. The summed E-state index contributed by atoms with van der Waals surface area (Å²) in [6, 6.07) is 14.8. The number of rotatable bonds is 5. The minimum Gasteiger partial charge on any atom is -0.473 e. The van der Waals surface area contributed by atoms with Crippen molar-refractivity contribution in [1.82, 2.24) is 9.80 Å². The molecule has 1 heterocycles. The molecule has 3 rings (SSSR count). The van der Waals surface area contributed by atoms with Gasteiger partial charge < -0.3 is 10.2 Å². The van der Waals surface area contributed by atoms with Crippen molar-refractivity contribution in [2.24, 2.45) is 0 Å². The number of benzene rings is 2. The van der Waals surface area contributed by atoms with E-state index in [4.69, 9.17) is 31.4 Å². The fraction of sp³-hybridized carbons (Fsp3) is 0.300. The molecule has 10 heteroatoms. The SMILES string of the molecule is O=C(O)C(=O)O.O=[N+]([O-])c1ccc(CN2CCN(Cc3ccccc3Cl)CC2)cc1. The number of non-ortho nitro benzene ring substituents is 1. The molecule has 2 N–H and O–H groups in total. The molecule has 1 aliphatic rings. The van der Waals surface area contributed by atoms with E-state index in [-0.39, 0.29) is 10.6 Å². The summed E-state index contributed by atoms with van der Waals surface area (Å²) in [7, 11) is 0. The molecule has 30 heavy (non-hydrogen) atoms. The lowest BCUT2D eigenvalue weighted by Crippen LogP contribution is -2.45. The van der Waals surface area contributed by atoms with Gasteiger partial charge in [-0.2, -0.15) is 0 Å². The average molecular weight is 436 g/mol. The molecule has 0 unspecified atom stereocenters. The van der Waals surface area contributed by atoms with Crippen molar-refractivity contribution in [1.29, 1.82) is 0 Å². The van der Waals surface area contributed by atoms with Crippen molar-refractivity contribution in [3.05, 3.63) is 74.8 Å². The summed E-state index contributed by atoms with van der Waals surface area (Å²) in [6.45, 7) is 5.68. The lowest BCUT2D eigenvalue weighted by atomic mass is 10.1. The highest BCUT2D eigenvalue weighted by Crippen LogP contribution is 2.19. The normalized spacial score (nSPS) is 14.4. The number of nitro groups is 1. The van der Waals surface area contributed by atoms with Gasteiger partial charge in [-0.3, -0.25) is 19.9 Å². The van der Waals surface area contributed by atoms with Crippen LogP contribution >= 0.6 is 11.6 Å². The van der Waals surface area contributed by atoms with Crippen LogP contribution in [0.5, 0.6) is 0 Å². The van der Waals surface area contributed by atoms with Crippen molar-refractivity contribution >= 4 is 29.2 Å². The van der Waals surface area contributed by atoms with Crippen molar-refractivity contribution in [3.8, 4) is 0 Å². The number of aliphatic carboxylic acids is 2. The first-order valence-electron chi connectivity index (χ1n) is 9.14. The first kappa shape index (κ1) is 23.3. The molecule has 1 saturated heterocycles. The van der Waals surface area contributed by atoms with Gasteiger partial charge in [-0.15, -0.1) is 0 Å². The zero-order valence-corrected chi connectivity index (χ0v) is 16.9. The fourth-order valence-corrected chi connectivity index (χ4v) is 3.15. The maximum absolute atomic E-state index is 10.7. The van der Waals surface area contributed by atoms with Crippen LogP contribution in [0.4, 0.5) is 5.69 Å². The van der Waals surface area contributed by atoms with Crippen LogP contribution in [0, 0.1) is 10.1 Å². The Morgan fingerprint density at radius 3 is 1.87 bits per heavy atom. The smallest absolute Gasteiger partial charge is 0.414 e. The standard InChI is InChI=1S/C18H20ClN3O2.C2H2O4/c19-18-4-2-1-3-16(18)14-21-11-9-20(10-12-21)13-15-5-7-17(8-6-15)22(23)24;3-1(4)2(5)6/h1-8H,9-14H2;(H,3,4)(H,5,6). The Morgan fingerprint density at radius 2 is 1.40 bits per heavy atom. The Kier molecular flexibility index (Phi) is 8.72. The molecule has 0 atom stereocenters. The zero-order chi connectivity index (χ0) is 22.1. The molecular formula is C20H22ClN3O6. The minimum absolute atomic E-state index is 0.142.